The molecule has 27 heavy (non-hydrogen) atoms. The van der Waals surface area contributed by atoms with Gasteiger partial charge in [-0.1, -0.05) is 29.5 Å². The molecule has 0 bridgehead atoms. The summed E-state index contributed by atoms with van der Waals surface area (Å²) in [6.45, 7) is 2.21. The van der Waals surface area contributed by atoms with Gasteiger partial charge >= 0.3 is 36.0 Å². The Morgan fingerprint density at radius 2 is 1.59 bits per heavy atom. The van der Waals surface area contributed by atoms with Crippen molar-refractivity contribution in [3.8, 4) is 0 Å². The smallest absolute Gasteiger partial charge is 0.448 e. The second-order valence-electron chi connectivity index (χ2n) is 5.82. The first-order chi connectivity index (χ1) is 11.7. The Morgan fingerprint density at radius 1 is 1.15 bits per heavy atom. The van der Waals surface area contributed by atoms with Gasteiger partial charge in [0, 0.05) is 0 Å². The Hall–Kier alpha value is -0.580. The lowest BCUT2D eigenvalue weighted by atomic mass is 9.89. The zero-order chi connectivity index (χ0) is 21.9. The number of halogens is 11. The standard InChI is InChI=1S/C12H11F10IO4/c1-3-7(2,23)6(24)26-4-8(13,14)5(10(17,18)19)27-11(25,9(4,15)16)12(20,21)22/h4-5,25H,3H2,1-2H3. The SMILES string of the molecule is CCC(C)(I)C(=O)OC1C(F)(F)C(C(F)(F)F)OC(O)(C(F)(F)F)C1(F)F. The Balaban J connectivity index is 3.61. The average molecular weight is 536 g/mol. The van der Waals surface area contributed by atoms with Crippen LogP contribution in [0.4, 0.5) is 43.9 Å². The van der Waals surface area contributed by atoms with Crippen molar-refractivity contribution in [2.24, 2.45) is 0 Å². The van der Waals surface area contributed by atoms with Gasteiger partial charge in [-0.25, -0.2) is 0 Å². The number of carbonyl (C=O) groups excluding carboxylic acids is 1. The lowest BCUT2D eigenvalue weighted by molar-refractivity contribution is -0.513. The van der Waals surface area contributed by atoms with Crippen LogP contribution >= 0.6 is 22.6 Å². The fourth-order valence-corrected chi connectivity index (χ4v) is 2.08. The molecule has 0 radical (unpaired) electrons. The molecular weight excluding hydrogens is 525 g/mol. The number of hydrogen-bond donors (Lipinski definition) is 1. The zero-order valence-corrected chi connectivity index (χ0v) is 15.3. The molecular formula is C12H11F10IO4. The molecule has 1 rings (SSSR count). The normalized spacial score (nSPS) is 33.3. The minimum Gasteiger partial charge on any atom is -0.448 e. The van der Waals surface area contributed by atoms with Crippen LogP contribution < -0.4 is 0 Å². The molecule has 0 aliphatic carbocycles. The van der Waals surface area contributed by atoms with Crippen LogP contribution in [0.15, 0.2) is 0 Å². The highest BCUT2D eigenvalue weighted by Gasteiger charge is 2.86. The monoisotopic (exact) mass is 536 g/mol. The lowest BCUT2D eigenvalue weighted by Crippen LogP contribution is -2.78. The molecule has 0 aromatic rings. The molecule has 0 aromatic heterocycles. The minimum atomic E-state index is -6.64. The van der Waals surface area contributed by atoms with Gasteiger partial charge in [-0.15, -0.1) is 0 Å². The maximum absolute atomic E-state index is 14.1. The van der Waals surface area contributed by atoms with Crippen molar-refractivity contribution in [2.45, 2.75) is 65.9 Å². The van der Waals surface area contributed by atoms with E-state index in [1.54, 1.807) is 0 Å². The lowest BCUT2D eigenvalue weighted by Gasteiger charge is -2.50. The van der Waals surface area contributed by atoms with Crippen LogP contribution in [0.25, 0.3) is 0 Å². The van der Waals surface area contributed by atoms with E-state index in [2.05, 4.69) is 9.47 Å². The van der Waals surface area contributed by atoms with Gasteiger partial charge in [0.2, 0.25) is 12.2 Å². The number of esters is 1. The molecule has 0 saturated carbocycles. The van der Waals surface area contributed by atoms with Crippen LogP contribution in [0.1, 0.15) is 20.3 Å². The fraction of sp³-hybridized carbons (Fsp3) is 0.917. The van der Waals surface area contributed by atoms with Gasteiger partial charge in [0.15, 0.2) is 0 Å². The molecule has 0 spiro atoms. The third kappa shape index (κ3) is 3.95. The first kappa shape index (κ1) is 24.5. The summed E-state index contributed by atoms with van der Waals surface area (Å²) >= 11 is 1.23. The summed E-state index contributed by atoms with van der Waals surface area (Å²) in [4.78, 5) is 11.8. The van der Waals surface area contributed by atoms with Crippen LogP contribution in [0.3, 0.4) is 0 Å². The largest absolute Gasteiger partial charge is 0.449 e. The average Bonchev–Trinajstić information content (AvgIpc) is 2.45. The topological polar surface area (TPSA) is 55.8 Å². The summed E-state index contributed by atoms with van der Waals surface area (Å²) in [5.41, 5.74) is 0. The van der Waals surface area contributed by atoms with Crippen LogP contribution in [-0.4, -0.2) is 56.7 Å². The van der Waals surface area contributed by atoms with Crippen molar-refractivity contribution >= 4 is 28.6 Å². The summed E-state index contributed by atoms with van der Waals surface area (Å²) < 4.78 is 138. The molecule has 160 valence electrons. The maximum atomic E-state index is 14.1. The predicted octanol–water partition coefficient (Wildman–Crippen LogP) is 3.98. The van der Waals surface area contributed by atoms with Gasteiger partial charge in [0.05, 0.1) is 0 Å². The first-order valence-electron chi connectivity index (χ1n) is 6.85. The van der Waals surface area contributed by atoms with E-state index in [1.165, 1.54) is 29.5 Å². The molecule has 4 unspecified atom stereocenters. The highest BCUT2D eigenvalue weighted by molar-refractivity contribution is 14.1. The number of hydrogen-bond acceptors (Lipinski definition) is 4. The second kappa shape index (κ2) is 6.74. The molecule has 1 N–H and O–H groups in total. The highest BCUT2D eigenvalue weighted by atomic mass is 127. The molecule has 1 saturated heterocycles. The van der Waals surface area contributed by atoms with Gasteiger partial charge < -0.3 is 14.6 Å². The number of alkyl halides is 11. The Labute approximate surface area is 158 Å². The van der Waals surface area contributed by atoms with Crippen molar-refractivity contribution in [2.75, 3.05) is 0 Å². The molecule has 1 fully saturated rings. The quantitative estimate of drug-likeness (QED) is 0.257. The summed E-state index contributed by atoms with van der Waals surface area (Å²) in [6.07, 6.45) is -22.6. The molecule has 1 heterocycles. The van der Waals surface area contributed by atoms with Gasteiger partial charge in [-0.05, 0) is 13.3 Å². The van der Waals surface area contributed by atoms with Crippen molar-refractivity contribution in [3.63, 3.8) is 0 Å². The van der Waals surface area contributed by atoms with Crippen molar-refractivity contribution < 1.29 is 63.3 Å². The maximum Gasteiger partial charge on any atom is 0.449 e. The van der Waals surface area contributed by atoms with Gasteiger partial charge in [-0.3, -0.25) is 4.79 Å². The molecule has 15 heteroatoms. The van der Waals surface area contributed by atoms with E-state index in [0.29, 0.717) is 0 Å². The molecule has 0 aromatic carbocycles. The Kier molecular flexibility index (Phi) is 6.11. The zero-order valence-electron chi connectivity index (χ0n) is 13.2. The van der Waals surface area contributed by atoms with Crippen molar-refractivity contribution in [1.29, 1.82) is 0 Å². The number of rotatable bonds is 3. The highest BCUT2D eigenvalue weighted by Crippen LogP contribution is 2.57. The molecule has 0 amide bonds. The number of carbonyl (C=O) groups is 1. The Bertz CT molecular complexity index is 588. The van der Waals surface area contributed by atoms with Crippen LogP contribution in [-0.2, 0) is 14.3 Å². The number of ether oxygens (including phenoxy) is 2. The Morgan fingerprint density at radius 3 is 1.93 bits per heavy atom. The fourth-order valence-electron chi connectivity index (χ4n) is 1.95. The van der Waals surface area contributed by atoms with Gasteiger partial charge in [-0.2, -0.15) is 43.9 Å². The van der Waals surface area contributed by atoms with Crippen molar-refractivity contribution in [3.05, 3.63) is 0 Å². The van der Waals surface area contributed by atoms with Crippen LogP contribution in [0, 0.1) is 0 Å². The summed E-state index contributed by atoms with van der Waals surface area (Å²) in [7, 11) is 0. The van der Waals surface area contributed by atoms with Crippen molar-refractivity contribution in [1.82, 2.24) is 0 Å². The number of aliphatic hydroxyl groups is 1. The van der Waals surface area contributed by atoms with Crippen LogP contribution in [0.5, 0.6) is 0 Å². The first-order valence-corrected chi connectivity index (χ1v) is 7.93. The predicted molar refractivity (Wildman–Crippen MR) is 74.4 cm³/mol. The second-order valence-corrected chi connectivity index (χ2v) is 8.20. The van der Waals surface area contributed by atoms with E-state index in [0.717, 1.165) is 6.92 Å². The van der Waals surface area contributed by atoms with E-state index in [-0.39, 0.29) is 6.42 Å². The molecule has 1 aliphatic rings. The van der Waals surface area contributed by atoms with E-state index in [4.69, 9.17) is 5.11 Å². The summed E-state index contributed by atoms with van der Waals surface area (Å²) in [5.74, 6) is -19.9. The summed E-state index contributed by atoms with van der Waals surface area (Å²) in [6, 6.07) is 0. The van der Waals surface area contributed by atoms with Crippen LogP contribution in [0.2, 0.25) is 0 Å². The third-order valence-corrected chi connectivity index (χ3v) is 4.97. The van der Waals surface area contributed by atoms with E-state index in [1.807, 2.05) is 0 Å². The van der Waals surface area contributed by atoms with Gasteiger partial charge in [0.1, 0.15) is 3.42 Å². The summed E-state index contributed by atoms with van der Waals surface area (Å²) in [5, 5.41) is 9.12. The minimum absolute atomic E-state index is 0.251. The molecule has 4 atom stereocenters. The van der Waals surface area contributed by atoms with Gasteiger partial charge in [0.25, 0.3) is 0 Å². The van der Waals surface area contributed by atoms with E-state index in [9.17, 15) is 48.7 Å². The molecule has 1 aliphatic heterocycles. The van der Waals surface area contributed by atoms with E-state index >= 15 is 0 Å². The van der Waals surface area contributed by atoms with E-state index < -0.39 is 51.6 Å². The third-order valence-electron chi connectivity index (χ3n) is 3.76. The molecule has 4 nitrogen and oxygen atoms in total.